The first-order valence-corrected chi connectivity index (χ1v) is 6.99. The quantitative estimate of drug-likeness (QED) is 0.492. The number of hydrogen-bond donors (Lipinski definition) is 2. The molecular weight excluding hydrogens is 355 g/mol. The van der Waals surface area contributed by atoms with Crippen LogP contribution in [0, 0.1) is 10.5 Å². The van der Waals surface area contributed by atoms with Crippen molar-refractivity contribution < 1.29 is 4.74 Å². The van der Waals surface area contributed by atoms with Crippen molar-refractivity contribution in [3.8, 4) is 11.6 Å². The van der Waals surface area contributed by atoms with Crippen LogP contribution in [0.5, 0.6) is 11.6 Å². The van der Waals surface area contributed by atoms with Crippen molar-refractivity contribution >= 4 is 28.4 Å². The fourth-order valence-corrected chi connectivity index (χ4v) is 2.09. The molecule has 0 aliphatic carbocycles. The van der Waals surface area contributed by atoms with Gasteiger partial charge in [0.2, 0.25) is 5.88 Å². The van der Waals surface area contributed by atoms with Gasteiger partial charge >= 0.3 is 0 Å². The van der Waals surface area contributed by atoms with Crippen LogP contribution in [-0.2, 0) is 6.42 Å². The van der Waals surface area contributed by atoms with Crippen LogP contribution in [0.2, 0.25) is 0 Å². The third-order valence-electron chi connectivity index (χ3n) is 2.61. The van der Waals surface area contributed by atoms with E-state index in [0.717, 1.165) is 21.3 Å². The lowest BCUT2D eigenvalue weighted by Gasteiger charge is -2.12. The highest BCUT2D eigenvalue weighted by Crippen LogP contribution is 2.27. The minimum Gasteiger partial charge on any atom is -0.439 e. The molecule has 100 valence electrons. The number of halogens is 1. The lowest BCUT2D eigenvalue weighted by Crippen LogP contribution is -2.13. The van der Waals surface area contributed by atoms with E-state index in [0.29, 0.717) is 17.5 Å². The van der Waals surface area contributed by atoms with Crippen molar-refractivity contribution in [2.45, 2.75) is 20.3 Å². The Hall–Kier alpha value is -1.41. The first-order valence-electron chi connectivity index (χ1n) is 5.91. The highest BCUT2D eigenvalue weighted by molar-refractivity contribution is 14.1. The SMILES string of the molecule is CCc1nc(NN)c(C)c(Oc2cccc(I)c2)n1. The average Bonchev–Trinajstić information content (AvgIpc) is 2.41. The van der Waals surface area contributed by atoms with Crippen molar-refractivity contribution in [2.75, 3.05) is 5.43 Å². The van der Waals surface area contributed by atoms with Gasteiger partial charge in [0.15, 0.2) is 0 Å². The first kappa shape index (κ1) is 14.0. The van der Waals surface area contributed by atoms with E-state index in [9.17, 15) is 0 Å². The highest BCUT2D eigenvalue weighted by atomic mass is 127. The molecule has 0 radical (unpaired) electrons. The molecule has 1 heterocycles. The van der Waals surface area contributed by atoms with Gasteiger partial charge in [-0.2, -0.15) is 4.98 Å². The summed E-state index contributed by atoms with van der Waals surface area (Å²) in [4.78, 5) is 8.69. The molecule has 0 saturated carbocycles. The topological polar surface area (TPSA) is 73.1 Å². The van der Waals surface area contributed by atoms with E-state index in [4.69, 9.17) is 10.6 Å². The summed E-state index contributed by atoms with van der Waals surface area (Å²) in [6.45, 7) is 3.86. The summed E-state index contributed by atoms with van der Waals surface area (Å²) in [5, 5.41) is 0. The summed E-state index contributed by atoms with van der Waals surface area (Å²) < 4.78 is 6.93. The number of nitrogen functional groups attached to an aromatic ring is 1. The molecule has 0 atom stereocenters. The second-order valence-corrected chi connectivity index (χ2v) is 5.22. The molecule has 0 fully saturated rings. The van der Waals surface area contributed by atoms with Crippen molar-refractivity contribution in [1.82, 2.24) is 9.97 Å². The average molecular weight is 370 g/mol. The number of ether oxygens (including phenoxy) is 1. The van der Waals surface area contributed by atoms with E-state index in [1.54, 1.807) is 0 Å². The molecule has 1 aromatic carbocycles. The minimum atomic E-state index is 0.529. The zero-order valence-electron chi connectivity index (χ0n) is 10.8. The molecule has 0 bridgehead atoms. The van der Waals surface area contributed by atoms with Crippen LogP contribution in [0.15, 0.2) is 24.3 Å². The van der Waals surface area contributed by atoms with Gasteiger partial charge in [-0.25, -0.2) is 10.8 Å². The second kappa shape index (κ2) is 6.16. The van der Waals surface area contributed by atoms with Crippen LogP contribution in [0.1, 0.15) is 18.3 Å². The van der Waals surface area contributed by atoms with Crippen molar-refractivity contribution in [3.63, 3.8) is 0 Å². The van der Waals surface area contributed by atoms with Crippen LogP contribution in [0.25, 0.3) is 0 Å². The molecule has 0 saturated heterocycles. The molecule has 0 spiro atoms. The van der Waals surface area contributed by atoms with Gasteiger partial charge in [-0.15, -0.1) is 0 Å². The second-order valence-electron chi connectivity index (χ2n) is 3.98. The molecule has 2 rings (SSSR count). The van der Waals surface area contributed by atoms with E-state index in [-0.39, 0.29) is 0 Å². The Morgan fingerprint density at radius 1 is 1.37 bits per heavy atom. The fraction of sp³-hybridized carbons (Fsp3) is 0.231. The zero-order chi connectivity index (χ0) is 13.8. The van der Waals surface area contributed by atoms with Gasteiger partial charge in [0.1, 0.15) is 17.4 Å². The number of nitrogens with zero attached hydrogens (tertiary/aromatic N) is 2. The Morgan fingerprint density at radius 2 is 2.16 bits per heavy atom. The molecule has 6 heteroatoms. The van der Waals surface area contributed by atoms with Crippen LogP contribution in [0.3, 0.4) is 0 Å². The number of nitrogens with one attached hydrogen (secondary N) is 1. The predicted molar refractivity (Wildman–Crippen MR) is 83.2 cm³/mol. The summed E-state index contributed by atoms with van der Waals surface area (Å²) >= 11 is 2.24. The largest absolute Gasteiger partial charge is 0.439 e. The Labute approximate surface area is 125 Å². The van der Waals surface area contributed by atoms with E-state index in [1.165, 1.54) is 0 Å². The maximum Gasteiger partial charge on any atom is 0.227 e. The van der Waals surface area contributed by atoms with Crippen LogP contribution < -0.4 is 16.0 Å². The molecule has 19 heavy (non-hydrogen) atoms. The van der Waals surface area contributed by atoms with E-state index >= 15 is 0 Å². The summed E-state index contributed by atoms with van der Waals surface area (Å²) in [6.07, 6.45) is 0.720. The predicted octanol–water partition coefficient (Wildman–Crippen LogP) is 3.03. The molecule has 5 nitrogen and oxygen atoms in total. The maximum absolute atomic E-state index is 5.82. The third-order valence-corrected chi connectivity index (χ3v) is 3.28. The van der Waals surface area contributed by atoms with Crippen molar-refractivity contribution in [3.05, 3.63) is 39.2 Å². The number of benzene rings is 1. The van der Waals surface area contributed by atoms with Crippen molar-refractivity contribution in [2.24, 2.45) is 5.84 Å². The molecule has 0 amide bonds. The molecular formula is C13H15IN4O. The minimum absolute atomic E-state index is 0.529. The number of aryl methyl sites for hydroxylation is 1. The lowest BCUT2D eigenvalue weighted by molar-refractivity contribution is 0.454. The summed E-state index contributed by atoms with van der Waals surface area (Å²) in [5.74, 6) is 8.03. The molecule has 0 unspecified atom stereocenters. The normalized spacial score (nSPS) is 10.3. The number of rotatable bonds is 4. The van der Waals surface area contributed by atoms with Gasteiger partial charge in [-0.3, -0.25) is 0 Å². The van der Waals surface area contributed by atoms with Gasteiger partial charge in [-0.1, -0.05) is 13.0 Å². The number of nitrogens with two attached hydrogens (primary N) is 1. The monoisotopic (exact) mass is 370 g/mol. The standard InChI is InChI=1S/C13H15IN4O/c1-3-11-16-12(18-15)8(2)13(17-11)19-10-6-4-5-9(14)7-10/h4-7H,3,15H2,1-2H3,(H,16,17,18). The van der Waals surface area contributed by atoms with E-state index in [2.05, 4.69) is 38.0 Å². The lowest BCUT2D eigenvalue weighted by atomic mass is 10.3. The number of hydrogen-bond acceptors (Lipinski definition) is 5. The van der Waals surface area contributed by atoms with Gasteiger partial charge < -0.3 is 10.2 Å². The number of aromatic nitrogens is 2. The van der Waals surface area contributed by atoms with Crippen molar-refractivity contribution in [1.29, 1.82) is 0 Å². The van der Waals surface area contributed by atoms with E-state index in [1.807, 2.05) is 38.1 Å². The number of hydrazine groups is 1. The van der Waals surface area contributed by atoms with E-state index < -0.39 is 0 Å². The Kier molecular flexibility index (Phi) is 4.54. The zero-order valence-corrected chi connectivity index (χ0v) is 12.9. The molecule has 3 N–H and O–H groups in total. The smallest absolute Gasteiger partial charge is 0.227 e. The Morgan fingerprint density at radius 3 is 2.79 bits per heavy atom. The van der Waals surface area contributed by atoms with Crippen LogP contribution >= 0.6 is 22.6 Å². The number of anilines is 1. The van der Waals surface area contributed by atoms with Gasteiger partial charge in [0.05, 0.1) is 5.56 Å². The summed E-state index contributed by atoms with van der Waals surface area (Å²) in [5.41, 5.74) is 3.37. The molecule has 0 aliphatic rings. The Bertz CT molecular complexity index is 589. The van der Waals surface area contributed by atoms with Crippen LogP contribution in [-0.4, -0.2) is 9.97 Å². The van der Waals surface area contributed by atoms with Gasteiger partial charge in [0.25, 0.3) is 0 Å². The third kappa shape index (κ3) is 3.32. The summed E-state index contributed by atoms with van der Waals surface area (Å²) in [7, 11) is 0. The highest BCUT2D eigenvalue weighted by Gasteiger charge is 2.11. The van der Waals surface area contributed by atoms with Gasteiger partial charge in [-0.05, 0) is 47.7 Å². The van der Waals surface area contributed by atoms with Gasteiger partial charge in [0, 0.05) is 9.99 Å². The Balaban J connectivity index is 2.38. The first-order chi connectivity index (χ1) is 9.13. The fourth-order valence-electron chi connectivity index (χ4n) is 1.58. The van der Waals surface area contributed by atoms with Crippen LogP contribution in [0.4, 0.5) is 5.82 Å². The molecule has 2 aromatic rings. The summed E-state index contributed by atoms with van der Waals surface area (Å²) in [6, 6.07) is 7.79. The maximum atomic E-state index is 5.82. The molecule has 0 aliphatic heterocycles. The molecule has 1 aromatic heterocycles.